The molecule has 0 radical (unpaired) electrons. The summed E-state index contributed by atoms with van der Waals surface area (Å²) in [7, 11) is 1.57. The lowest BCUT2D eigenvalue weighted by Crippen LogP contribution is -2.42. The van der Waals surface area contributed by atoms with E-state index < -0.39 is 46.1 Å². The van der Waals surface area contributed by atoms with Crippen molar-refractivity contribution in [3.8, 4) is 5.69 Å². The zero-order valence-electron chi connectivity index (χ0n) is 21.9. The zero-order chi connectivity index (χ0) is 29.6. The van der Waals surface area contributed by atoms with Crippen LogP contribution in [0.5, 0.6) is 0 Å². The van der Waals surface area contributed by atoms with Crippen LogP contribution in [0.2, 0.25) is 5.02 Å². The van der Waals surface area contributed by atoms with E-state index >= 15 is 0 Å². The molecule has 1 aliphatic heterocycles. The number of esters is 1. The van der Waals surface area contributed by atoms with Crippen LogP contribution in [0.1, 0.15) is 34.8 Å². The van der Waals surface area contributed by atoms with E-state index in [1.807, 2.05) is 0 Å². The quantitative estimate of drug-likeness (QED) is 0.305. The molecule has 1 saturated heterocycles. The lowest BCUT2D eigenvalue weighted by molar-refractivity contribution is -0.137. The Balaban J connectivity index is 1.68. The number of rotatable bonds is 7. The molecule has 1 aliphatic rings. The number of halogens is 4. The standard InChI is InChI=1S/C27H24ClF3N4O6/c1-3-40-24(37)18-14-33(16-7-8-20-21(11-16)32(2)25(38)34(20)13-17-9-10-41-17)26(39)35(23(18)36)12-15-5-4-6-19(22(15)28)27(29,30)31/h4-8,11,14,17H,3,9-10,12-13H2,1-2H3. The Bertz CT molecular complexity index is 1850. The molecule has 1 fully saturated rings. The molecular weight excluding hydrogens is 569 g/mol. The summed E-state index contributed by atoms with van der Waals surface area (Å²) in [6, 6.07) is 7.84. The van der Waals surface area contributed by atoms with Crippen molar-refractivity contribution in [3.63, 3.8) is 0 Å². The second kappa shape index (κ2) is 10.7. The average Bonchev–Trinajstić information content (AvgIpc) is 3.13. The van der Waals surface area contributed by atoms with E-state index in [1.54, 1.807) is 17.7 Å². The number of ether oxygens (including phenoxy) is 2. The molecule has 1 atom stereocenters. The van der Waals surface area contributed by atoms with Gasteiger partial charge in [0.1, 0.15) is 5.56 Å². The van der Waals surface area contributed by atoms with Crippen molar-refractivity contribution >= 4 is 28.6 Å². The Kier molecular flexibility index (Phi) is 7.43. The lowest BCUT2D eigenvalue weighted by Gasteiger charge is -2.26. The Morgan fingerprint density at radius 1 is 1.10 bits per heavy atom. The van der Waals surface area contributed by atoms with Crippen LogP contribution in [0.4, 0.5) is 13.2 Å². The fraction of sp³-hybridized carbons (Fsp3) is 0.333. The highest BCUT2D eigenvalue weighted by atomic mass is 35.5. The van der Waals surface area contributed by atoms with Crippen molar-refractivity contribution < 1.29 is 27.4 Å². The minimum Gasteiger partial charge on any atom is -0.462 e. The minimum atomic E-state index is -4.77. The number of fused-ring (bicyclic) bond motifs is 1. The Morgan fingerprint density at radius 3 is 2.46 bits per heavy atom. The van der Waals surface area contributed by atoms with Gasteiger partial charge in [0.15, 0.2) is 0 Å². The SMILES string of the molecule is CCOC(=O)c1cn(-c2ccc3c(c2)n(C)c(=O)n3CC2CCO2)c(=O)n(Cc2cccc(C(F)(F)F)c2Cl)c1=O. The number of imidazole rings is 1. The summed E-state index contributed by atoms with van der Waals surface area (Å²) in [6.45, 7) is 1.80. The molecule has 3 heterocycles. The molecule has 41 heavy (non-hydrogen) atoms. The first-order valence-electron chi connectivity index (χ1n) is 12.6. The predicted molar refractivity (Wildman–Crippen MR) is 143 cm³/mol. The van der Waals surface area contributed by atoms with Crippen LogP contribution in [0.15, 0.2) is 57.0 Å². The predicted octanol–water partition coefficient (Wildman–Crippen LogP) is 3.34. The number of aryl methyl sites for hydroxylation is 1. The lowest BCUT2D eigenvalue weighted by atomic mass is 10.1. The highest BCUT2D eigenvalue weighted by Crippen LogP contribution is 2.36. The van der Waals surface area contributed by atoms with E-state index in [9.17, 15) is 32.3 Å². The summed E-state index contributed by atoms with van der Waals surface area (Å²) in [4.78, 5) is 52.5. The van der Waals surface area contributed by atoms with Gasteiger partial charge in [0.2, 0.25) is 0 Å². The van der Waals surface area contributed by atoms with E-state index in [-0.39, 0.29) is 29.7 Å². The molecule has 4 aromatic rings. The first-order chi connectivity index (χ1) is 19.4. The third-order valence-electron chi connectivity index (χ3n) is 6.97. The summed E-state index contributed by atoms with van der Waals surface area (Å²) >= 11 is 6.03. The molecule has 0 bridgehead atoms. The molecule has 0 saturated carbocycles. The van der Waals surface area contributed by atoms with E-state index in [0.717, 1.165) is 29.3 Å². The fourth-order valence-electron chi connectivity index (χ4n) is 4.72. The molecule has 14 heteroatoms. The van der Waals surface area contributed by atoms with E-state index in [4.69, 9.17) is 21.1 Å². The molecule has 2 aromatic carbocycles. The maximum absolute atomic E-state index is 13.6. The monoisotopic (exact) mass is 592 g/mol. The third-order valence-corrected chi connectivity index (χ3v) is 7.41. The molecule has 2 aromatic heterocycles. The first-order valence-corrected chi connectivity index (χ1v) is 13.0. The van der Waals surface area contributed by atoms with Gasteiger partial charge in [-0.1, -0.05) is 23.7 Å². The molecule has 10 nitrogen and oxygen atoms in total. The number of hydrogen-bond acceptors (Lipinski definition) is 6. The Hall–Kier alpha value is -4.10. The highest BCUT2D eigenvalue weighted by molar-refractivity contribution is 6.32. The topological polar surface area (TPSA) is 106 Å². The van der Waals surface area contributed by atoms with Crippen LogP contribution in [-0.4, -0.2) is 43.6 Å². The van der Waals surface area contributed by atoms with Gasteiger partial charge in [-0.15, -0.1) is 0 Å². The first kappa shape index (κ1) is 28.4. The molecule has 5 rings (SSSR count). The van der Waals surface area contributed by atoms with Crippen molar-refractivity contribution in [3.05, 3.63) is 95.6 Å². The van der Waals surface area contributed by atoms with Gasteiger partial charge in [-0.25, -0.2) is 14.4 Å². The van der Waals surface area contributed by atoms with Crippen LogP contribution >= 0.6 is 11.6 Å². The fourth-order valence-corrected chi connectivity index (χ4v) is 5.01. The van der Waals surface area contributed by atoms with Gasteiger partial charge in [-0.2, -0.15) is 13.2 Å². The summed E-state index contributed by atoms with van der Waals surface area (Å²) in [5, 5.41) is -0.674. The van der Waals surface area contributed by atoms with Gasteiger partial charge in [-0.3, -0.25) is 23.1 Å². The molecule has 216 valence electrons. The van der Waals surface area contributed by atoms with Crippen LogP contribution in [0, 0.1) is 0 Å². The van der Waals surface area contributed by atoms with Gasteiger partial charge in [0.25, 0.3) is 5.56 Å². The van der Waals surface area contributed by atoms with Crippen molar-refractivity contribution in [2.24, 2.45) is 7.05 Å². The van der Waals surface area contributed by atoms with E-state index in [2.05, 4.69) is 0 Å². The summed E-state index contributed by atoms with van der Waals surface area (Å²) in [5.74, 6) is -1.02. The normalized spacial score (nSPS) is 15.2. The Morgan fingerprint density at radius 2 is 1.83 bits per heavy atom. The molecule has 0 N–H and O–H groups in total. The zero-order valence-corrected chi connectivity index (χ0v) is 22.7. The average molecular weight is 593 g/mol. The molecule has 0 aliphatic carbocycles. The summed E-state index contributed by atoms with van der Waals surface area (Å²) < 4.78 is 55.3. The van der Waals surface area contributed by atoms with Crippen LogP contribution < -0.4 is 16.9 Å². The second-order valence-corrected chi connectivity index (χ2v) is 9.87. The second-order valence-electron chi connectivity index (χ2n) is 9.49. The van der Waals surface area contributed by atoms with Gasteiger partial charge < -0.3 is 9.47 Å². The van der Waals surface area contributed by atoms with E-state index in [1.165, 1.54) is 29.7 Å². The minimum absolute atomic E-state index is 0.0663. The van der Waals surface area contributed by atoms with Crippen molar-refractivity contribution in [2.45, 2.75) is 38.7 Å². The van der Waals surface area contributed by atoms with Crippen LogP contribution in [-0.2, 0) is 35.8 Å². The van der Waals surface area contributed by atoms with Crippen molar-refractivity contribution in [1.82, 2.24) is 18.3 Å². The molecule has 0 spiro atoms. The number of carbonyl (C=O) groups is 1. The summed E-state index contributed by atoms with van der Waals surface area (Å²) in [5.41, 5.74) is -2.84. The third kappa shape index (κ3) is 5.10. The van der Waals surface area contributed by atoms with Crippen LogP contribution in [0.3, 0.4) is 0 Å². The van der Waals surface area contributed by atoms with Gasteiger partial charge >= 0.3 is 23.5 Å². The smallest absolute Gasteiger partial charge is 0.417 e. The van der Waals surface area contributed by atoms with E-state index in [0.29, 0.717) is 28.8 Å². The Labute approximate surface area is 234 Å². The summed E-state index contributed by atoms with van der Waals surface area (Å²) in [6.07, 6.45) is -3.01. The van der Waals surface area contributed by atoms with Crippen molar-refractivity contribution in [2.75, 3.05) is 13.2 Å². The number of alkyl halides is 3. The number of carbonyl (C=O) groups excluding carboxylic acids is 1. The van der Waals surface area contributed by atoms with Gasteiger partial charge in [0.05, 0.1) is 53.1 Å². The molecular formula is C27H24ClF3N4O6. The number of hydrogen-bond donors (Lipinski definition) is 0. The largest absolute Gasteiger partial charge is 0.462 e. The number of benzene rings is 2. The van der Waals surface area contributed by atoms with Crippen molar-refractivity contribution in [1.29, 1.82) is 0 Å². The number of nitrogens with zero attached hydrogens (tertiary/aromatic N) is 4. The maximum Gasteiger partial charge on any atom is 0.417 e. The van der Waals surface area contributed by atoms with Gasteiger partial charge in [0, 0.05) is 19.9 Å². The molecule has 0 amide bonds. The highest BCUT2D eigenvalue weighted by Gasteiger charge is 2.34. The van der Waals surface area contributed by atoms with Gasteiger partial charge in [-0.05, 0) is 43.2 Å². The molecule has 1 unspecified atom stereocenters. The number of aromatic nitrogens is 4. The maximum atomic E-state index is 13.6. The van der Waals surface area contributed by atoms with Crippen LogP contribution in [0.25, 0.3) is 16.7 Å².